The van der Waals surface area contributed by atoms with Crippen molar-refractivity contribution in [3.63, 3.8) is 0 Å². The van der Waals surface area contributed by atoms with Gasteiger partial charge in [0.15, 0.2) is 0 Å². The Hall–Kier alpha value is -2.05. The van der Waals surface area contributed by atoms with Crippen LogP contribution in [0.5, 0.6) is 0 Å². The van der Waals surface area contributed by atoms with E-state index >= 15 is 0 Å². The zero-order chi connectivity index (χ0) is 19.5. The maximum Gasteiger partial charge on any atom is 0.248 e. The molecule has 1 N–H and O–H groups in total. The zero-order valence-electron chi connectivity index (χ0n) is 15.3. The van der Waals surface area contributed by atoms with Crippen LogP contribution in [0.3, 0.4) is 0 Å². The second-order valence-electron chi connectivity index (χ2n) is 6.27. The van der Waals surface area contributed by atoms with Crippen LogP contribution >= 0.6 is 11.6 Å². The second kappa shape index (κ2) is 8.10. The lowest BCUT2D eigenvalue weighted by atomic mass is 10.1. The monoisotopic (exact) mass is 394 g/mol. The lowest BCUT2D eigenvalue weighted by Crippen LogP contribution is -2.47. The number of aryl methyl sites for hydroxylation is 2. The lowest BCUT2D eigenvalue weighted by molar-refractivity contribution is -0.117. The van der Waals surface area contributed by atoms with Crippen LogP contribution in [-0.2, 0) is 14.8 Å². The molecule has 0 saturated heterocycles. The van der Waals surface area contributed by atoms with E-state index in [-0.39, 0.29) is 5.91 Å². The van der Waals surface area contributed by atoms with E-state index in [1.165, 1.54) is 0 Å². The van der Waals surface area contributed by atoms with E-state index < -0.39 is 16.1 Å². The third-order valence-electron chi connectivity index (χ3n) is 4.06. The van der Waals surface area contributed by atoms with Gasteiger partial charge in [-0.25, -0.2) is 8.42 Å². The van der Waals surface area contributed by atoms with E-state index in [4.69, 9.17) is 11.6 Å². The van der Waals surface area contributed by atoms with Crippen LogP contribution < -0.4 is 9.62 Å². The molecule has 2 rings (SSSR count). The zero-order valence-corrected chi connectivity index (χ0v) is 16.9. The SMILES string of the molecule is CC[C@@H](C(=O)Nc1cc(C)ccc1C)N(c1ccc(Cl)cc1)S(C)(=O)=O. The van der Waals surface area contributed by atoms with Gasteiger partial charge in [-0.1, -0.05) is 30.7 Å². The summed E-state index contributed by atoms with van der Waals surface area (Å²) in [6.07, 6.45) is 1.42. The number of anilines is 2. The fourth-order valence-corrected chi connectivity index (χ4v) is 4.07. The Morgan fingerprint density at radius 1 is 1.15 bits per heavy atom. The Labute approximate surface area is 160 Å². The van der Waals surface area contributed by atoms with Crippen LogP contribution in [0, 0.1) is 13.8 Å². The number of hydrogen-bond donors (Lipinski definition) is 1. The van der Waals surface area contributed by atoms with E-state index in [9.17, 15) is 13.2 Å². The van der Waals surface area contributed by atoms with Crippen LogP contribution in [0.15, 0.2) is 42.5 Å². The molecule has 2 aromatic rings. The Balaban J connectivity index is 2.39. The van der Waals surface area contributed by atoms with Gasteiger partial charge < -0.3 is 5.32 Å². The summed E-state index contributed by atoms with van der Waals surface area (Å²) in [5.41, 5.74) is 3.01. The average molecular weight is 395 g/mol. The maximum atomic E-state index is 12.9. The normalized spacial score (nSPS) is 12.5. The van der Waals surface area contributed by atoms with Crippen molar-refractivity contribution >= 4 is 38.9 Å². The van der Waals surface area contributed by atoms with Crippen molar-refractivity contribution in [1.29, 1.82) is 0 Å². The van der Waals surface area contributed by atoms with Crippen LogP contribution in [0.1, 0.15) is 24.5 Å². The third-order valence-corrected chi connectivity index (χ3v) is 5.49. The van der Waals surface area contributed by atoms with E-state index in [0.29, 0.717) is 22.8 Å². The predicted octanol–water partition coefficient (Wildman–Crippen LogP) is 4.14. The standard InChI is InChI=1S/C19H23ClN2O3S/c1-5-18(19(23)21-17-12-13(2)6-7-14(17)3)22(26(4,24)25)16-10-8-15(20)9-11-16/h6-12,18H,5H2,1-4H3,(H,21,23)/t18-/m0/s1. The van der Waals surface area contributed by atoms with Crippen LogP contribution in [0.4, 0.5) is 11.4 Å². The van der Waals surface area contributed by atoms with E-state index in [0.717, 1.165) is 21.7 Å². The van der Waals surface area contributed by atoms with Crippen LogP contribution in [0.25, 0.3) is 0 Å². The Bertz CT molecular complexity index is 896. The van der Waals surface area contributed by atoms with Gasteiger partial charge in [0.1, 0.15) is 6.04 Å². The molecule has 0 aliphatic rings. The van der Waals surface area contributed by atoms with Gasteiger partial charge in [-0.05, 0) is 61.7 Å². The lowest BCUT2D eigenvalue weighted by Gasteiger charge is -2.30. The Morgan fingerprint density at radius 3 is 2.31 bits per heavy atom. The molecule has 140 valence electrons. The number of sulfonamides is 1. The summed E-state index contributed by atoms with van der Waals surface area (Å²) in [5, 5.41) is 3.36. The first-order chi connectivity index (χ1) is 12.1. The summed E-state index contributed by atoms with van der Waals surface area (Å²) >= 11 is 5.90. The molecular formula is C19H23ClN2O3S. The number of halogens is 1. The molecule has 0 aliphatic heterocycles. The largest absolute Gasteiger partial charge is 0.324 e. The van der Waals surface area contributed by atoms with Crippen molar-refractivity contribution in [2.75, 3.05) is 15.9 Å². The smallest absolute Gasteiger partial charge is 0.248 e. The minimum absolute atomic E-state index is 0.326. The van der Waals surface area contributed by atoms with Crippen molar-refractivity contribution in [3.05, 3.63) is 58.6 Å². The summed E-state index contributed by atoms with van der Waals surface area (Å²) in [6.45, 7) is 5.61. The van der Waals surface area contributed by atoms with Gasteiger partial charge in [0.2, 0.25) is 15.9 Å². The molecule has 0 fully saturated rings. The van der Waals surface area contributed by atoms with Gasteiger partial charge in [0.05, 0.1) is 11.9 Å². The van der Waals surface area contributed by atoms with E-state index in [1.54, 1.807) is 31.2 Å². The number of carbonyl (C=O) groups is 1. The van der Waals surface area contributed by atoms with Crippen molar-refractivity contribution in [2.45, 2.75) is 33.2 Å². The number of nitrogens with one attached hydrogen (secondary N) is 1. The second-order valence-corrected chi connectivity index (χ2v) is 8.56. The molecular weight excluding hydrogens is 372 g/mol. The summed E-state index contributed by atoms with van der Waals surface area (Å²) in [7, 11) is -3.67. The quantitative estimate of drug-likeness (QED) is 0.800. The van der Waals surface area contributed by atoms with Gasteiger partial charge in [-0.2, -0.15) is 0 Å². The highest BCUT2D eigenvalue weighted by atomic mass is 35.5. The average Bonchev–Trinajstić information content (AvgIpc) is 2.56. The predicted molar refractivity (Wildman–Crippen MR) is 107 cm³/mol. The third kappa shape index (κ3) is 4.77. The van der Waals surface area contributed by atoms with Crippen LogP contribution in [-0.4, -0.2) is 26.6 Å². The highest BCUT2D eigenvalue weighted by Gasteiger charge is 2.31. The first kappa shape index (κ1) is 20.3. The number of amides is 1. The number of carbonyl (C=O) groups excluding carboxylic acids is 1. The summed E-state index contributed by atoms with van der Waals surface area (Å²) < 4.78 is 26.0. The molecule has 5 nitrogen and oxygen atoms in total. The topological polar surface area (TPSA) is 66.5 Å². The van der Waals surface area contributed by atoms with Gasteiger partial charge >= 0.3 is 0 Å². The van der Waals surface area contributed by atoms with Crippen molar-refractivity contribution < 1.29 is 13.2 Å². The van der Waals surface area contributed by atoms with Crippen LogP contribution in [0.2, 0.25) is 5.02 Å². The number of nitrogens with zero attached hydrogens (tertiary/aromatic N) is 1. The molecule has 0 heterocycles. The molecule has 2 aromatic carbocycles. The molecule has 0 saturated carbocycles. The molecule has 0 bridgehead atoms. The molecule has 0 aliphatic carbocycles. The Morgan fingerprint density at radius 2 is 1.77 bits per heavy atom. The Kier molecular flexibility index (Phi) is 6.31. The molecule has 0 radical (unpaired) electrons. The number of rotatable bonds is 6. The van der Waals surface area contributed by atoms with Crippen molar-refractivity contribution in [3.8, 4) is 0 Å². The van der Waals surface area contributed by atoms with Gasteiger partial charge in [-0.3, -0.25) is 9.10 Å². The van der Waals surface area contributed by atoms with Gasteiger partial charge in [0, 0.05) is 10.7 Å². The summed E-state index contributed by atoms with van der Waals surface area (Å²) in [5.74, 6) is -0.374. The molecule has 0 spiro atoms. The summed E-state index contributed by atoms with van der Waals surface area (Å²) in [6, 6.07) is 11.3. The number of benzene rings is 2. The fraction of sp³-hybridized carbons (Fsp3) is 0.316. The molecule has 26 heavy (non-hydrogen) atoms. The molecule has 7 heteroatoms. The maximum absolute atomic E-state index is 12.9. The molecule has 1 amide bonds. The highest BCUT2D eigenvalue weighted by molar-refractivity contribution is 7.92. The van der Waals surface area contributed by atoms with Gasteiger partial charge in [-0.15, -0.1) is 0 Å². The van der Waals surface area contributed by atoms with Crippen molar-refractivity contribution in [2.24, 2.45) is 0 Å². The minimum Gasteiger partial charge on any atom is -0.324 e. The minimum atomic E-state index is -3.67. The highest BCUT2D eigenvalue weighted by Crippen LogP contribution is 2.25. The van der Waals surface area contributed by atoms with Gasteiger partial charge in [0.25, 0.3) is 0 Å². The first-order valence-electron chi connectivity index (χ1n) is 8.26. The molecule has 0 unspecified atom stereocenters. The first-order valence-corrected chi connectivity index (χ1v) is 10.5. The fourth-order valence-electron chi connectivity index (χ4n) is 2.73. The van der Waals surface area contributed by atoms with E-state index in [1.807, 2.05) is 32.0 Å². The summed E-state index contributed by atoms with van der Waals surface area (Å²) in [4.78, 5) is 12.9. The molecule has 0 aromatic heterocycles. The van der Waals surface area contributed by atoms with E-state index in [2.05, 4.69) is 5.32 Å². The number of hydrogen-bond acceptors (Lipinski definition) is 3. The van der Waals surface area contributed by atoms with Crippen molar-refractivity contribution in [1.82, 2.24) is 0 Å². The molecule has 1 atom stereocenters.